The minimum absolute atomic E-state index is 0. The first-order valence-corrected chi connectivity index (χ1v) is 7.79. The highest BCUT2D eigenvalue weighted by Gasteiger charge is 2.33. The van der Waals surface area contributed by atoms with E-state index in [1.54, 1.807) is 0 Å². The smallest absolute Gasteiger partial charge is 0.378 e. The fourth-order valence-corrected chi connectivity index (χ4v) is 2.53. The molecule has 0 radical (unpaired) electrons. The van der Waals surface area contributed by atoms with Gasteiger partial charge in [-0.2, -0.15) is 13.2 Å². The Morgan fingerprint density at radius 1 is 1.42 bits per heavy atom. The highest BCUT2D eigenvalue weighted by atomic mass is 35.5. The normalized spacial score (nSPS) is 17.2. The van der Waals surface area contributed by atoms with Crippen LogP contribution in [-0.2, 0) is 20.5 Å². The van der Waals surface area contributed by atoms with Crippen molar-refractivity contribution in [2.45, 2.75) is 12.2 Å². The van der Waals surface area contributed by atoms with E-state index >= 15 is 0 Å². The number of rotatable bonds is 4. The molecule has 1 saturated heterocycles. The van der Waals surface area contributed by atoms with Crippen LogP contribution in [0.25, 0.3) is 0 Å². The van der Waals surface area contributed by atoms with E-state index in [2.05, 4.69) is 10.6 Å². The van der Waals surface area contributed by atoms with Gasteiger partial charge in [-0.1, -0.05) is 11.6 Å². The maximum atomic E-state index is 12.8. The molecule has 1 atom stereocenters. The zero-order valence-corrected chi connectivity index (χ0v) is 15.3. The molecule has 1 fully saturated rings. The summed E-state index contributed by atoms with van der Waals surface area (Å²) in [6.45, 7) is 0.936. The molecule has 0 spiro atoms. The van der Waals surface area contributed by atoms with Crippen LogP contribution in [0, 0.1) is 0 Å². The average Bonchev–Trinajstić information content (AvgIpc) is 2.55. The van der Waals surface area contributed by atoms with E-state index in [1.807, 2.05) is 0 Å². The number of halogens is 5. The van der Waals surface area contributed by atoms with Crippen LogP contribution in [0.15, 0.2) is 18.2 Å². The second-order valence-electron chi connectivity index (χ2n) is 5.52. The lowest BCUT2D eigenvalue weighted by molar-refractivity contribution is -0.137. The fraction of sp³-hybridized carbons (Fsp3) is 0.467. The van der Waals surface area contributed by atoms with Crippen LogP contribution in [0.1, 0.15) is 5.56 Å². The Morgan fingerprint density at radius 3 is 2.69 bits per heavy atom. The Labute approximate surface area is 159 Å². The number of hydrogen-bond donors (Lipinski definition) is 2. The molecule has 0 saturated carbocycles. The van der Waals surface area contributed by atoms with E-state index in [1.165, 1.54) is 18.0 Å². The van der Waals surface area contributed by atoms with Crippen LogP contribution in [0.4, 0.5) is 18.9 Å². The average molecular weight is 416 g/mol. The quantitative estimate of drug-likeness (QED) is 0.790. The number of morpholine rings is 1. The van der Waals surface area contributed by atoms with Gasteiger partial charge in [-0.3, -0.25) is 9.59 Å². The zero-order valence-electron chi connectivity index (χ0n) is 13.7. The molecule has 2 rings (SSSR count). The van der Waals surface area contributed by atoms with Crippen LogP contribution < -0.4 is 10.6 Å². The summed E-state index contributed by atoms with van der Waals surface area (Å²) < 4.78 is 43.6. The van der Waals surface area contributed by atoms with Crippen LogP contribution >= 0.6 is 24.0 Å². The van der Waals surface area contributed by atoms with E-state index in [0.29, 0.717) is 13.2 Å². The van der Waals surface area contributed by atoms with Gasteiger partial charge in [-0.05, 0) is 18.2 Å². The summed E-state index contributed by atoms with van der Waals surface area (Å²) in [5, 5.41) is 4.84. The Morgan fingerprint density at radius 2 is 2.12 bits per heavy atom. The summed E-state index contributed by atoms with van der Waals surface area (Å²) in [5.74, 6) is -0.954. The van der Waals surface area contributed by atoms with E-state index in [0.717, 1.165) is 12.1 Å². The predicted octanol–water partition coefficient (Wildman–Crippen LogP) is 2.17. The van der Waals surface area contributed by atoms with Crippen molar-refractivity contribution in [1.82, 2.24) is 10.2 Å². The lowest BCUT2D eigenvalue weighted by atomic mass is 10.2. The minimum atomic E-state index is -4.63. The monoisotopic (exact) mass is 415 g/mol. The highest BCUT2D eigenvalue weighted by molar-refractivity contribution is 6.31. The summed E-state index contributed by atoms with van der Waals surface area (Å²) in [6, 6.07) is 2.52. The predicted molar refractivity (Wildman–Crippen MR) is 92.6 cm³/mol. The molecule has 0 aliphatic carbocycles. The van der Waals surface area contributed by atoms with Gasteiger partial charge in [0, 0.05) is 19.3 Å². The number of likely N-dealkylation sites (N-methyl/N-ethyl adjacent to an activating group) is 1. The van der Waals surface area contributed by atoms with Crippen molar-refractivity contribution in [2.75, 3.05) is 38.7 Å². The van der Waals surface area contributed by atoms with Crippen molar-refractivity contribution in [3.05, 3.63) is 28.8 Å². The SMILES string of the molecule is CN(CC(=O)Nc1ccc(Cl)c(C(F)(F)F)c1)C(=O)C1COCCN1.Cl. The first-order chi connectivity index (χ1) is 11.7. The Kier molecular flexibility index (Phi) is 8.14. The maximum absolute atomic E-state index is 12.8. The number of benzene rings is 1. The van der Waals surface area contributed by atoms with Crippen molar-refractivity contribution in [3.8, 4) is 0 Å². The number of ether oxygens (including phenoxy) is 1. The van der Waals surface area contributed by atoms with E-state index in [-0.39, 0.29) is 37.2 Å². The van der Waals surface area contributed by atoms with Crippen molar-refractivity contribution in [2.24, 2.45) is 0 Å². The number of anilines is 1. The minimum Gasteiger partial charge on any atom is -0.378 e. The van der Waals surface area contributed by atoms with Crippen molar-refractivity contribution < 1.29 is 27.5 Å². The number of carbonyl (C=O) groups excluding carboxylic acids is 2. The second kappa shape index (κ2) is 9.40. The van der Waals surface area contributed by atoms with E-state index in [9.17, 15) is 22.8 Å². The van der Waals surface area contributed by atoms with E-state index < -0.39 is 28.7 Å². The van der Waals surface area contributed by atoms with Crippen LogP contribution in [0.2, 0.25) is 5.02 Å². The summed E-state index contributed by atoms with van der Waals surface area (Å²) in [6.07, 6.45) is -4.63. The topological polar surface area (TPSA) is 70.7 Å². The molecule has 1 aromatic carbocycles. The van der Waals surface area contributed by atoms with Crippen molar-refractivity contribution in [3.63, 3.8) is 0 Å². The standard InChI is InChI=1S/C15H17ClF3N3O3.ClH/c1-22(14(24)12-8-25-5-4-20-12)7-13(23)21-9-2-3-11(16)10(6-9)15(17,18)19;/h2-3,6,12,20H,4-5,7-8H2,1H3,(H,21,23);1H. The third-order valence-electron chi connectivity index (χ3n) is 3.53. The number of hydrogen-bond acceptors (Lipinski definition) is 4. The van der Waals surface area contributed by atoms with Gasteiger partial charge in [0.05, 0.1) is 30.3 Å². The molecule has 26 heavy (non-hydrogen) atoms. The summed E-state index contributed by atoms with van der Waals surface area (Å²) in [5.41, 5.74) is -1.10. The second-order valence-corrected chi connectivity index (χ2v) is 5.92. The Balaban J connectivity index is 0.00000338. The van der Waals surface area contributed by atoms with Gasteiger partial charge >= 0.3 is 6.18 Å². The third kappa shape index (κ3) is 6.01. The van der Waals surface area contributed by atoms with Crippen molar-refractivity contribution >= 4 is 41.5 Å². The van der Waals surface area contributed by atoms with Gasteiger partial charge in [0.2, 0.25) is 11.8 Å². The Bertz CT molecular complexity index is 653. The fourth-order valence-electron chi connectivity index (χ4n) is 2.30. The van der Waals surface area contributed by atoms with Gasteiger partial charge < -0.3 is 20.3 Å². The number of alkyl halides is 3. The number of nitrogens with zero attached hydrogens (tertiary/aromatic N) is 1. The molecular weight excluding hydrogens is 398 g/mol. The summed E-state index contributed by atoms with van der Waals surface area (Å²) in [7, 11) is 1.43. The molecule has 2 N–H and O–H groups in total. The van der Waals surface area contributed by atoms with Gasteiger partial charge in [0.25, 0.3) is 0 Å². The molecule has 6 nitrogen and oxygen atoms in total. The van der Waals surface area contributed by atoms with Crippen LogP contribution in [0.5, 0.6) is 0 Å². The lowest BCUT2D eigenvalue weighted by Crippen LogP contribution is -2.52. The summed E-state index contributed by atoms with van der Waals surface area (Å²) in [4.78, 5) is 25.3. The molecule has 146 valence electrons. The molecule has 11 heteroatoms. The van der Waals surface area contributed by atoms with Gasteiger partial charge in [-0.15, -0.1) is 12.4 Å². The van der Waals surface area contributed by atoms with Crippen LogP contribution in [0.3, 0.4) is 0 Å². The highest BCUT2D eigenvalue weighted by Crippen LogP contribution is 2.36. The largest absolute Gasteiger partial charge is 0.417 e. The van der Waals surface area contributed by atoms with Gasteiger partial charge in [0.15, 0.2) is 0 Å². The molecular formula is C15H18Cl2F3N3O3. The van der Waals surface area contributed by atoms with E-state index in [4.69, 9.17) is 16.3 Å². The van der Waals surface area contributed by atoms with Gasteiger partial charge in [-0.25, -0.2) is 0 Å². The maximum Gasteiger partial charge on any atom is 0.417 e. The number of nitrogens with one attached hydrogen (secondary N) is 2. The molecule has 0 aromatic heterocycles. The molecule has 1 aliphatic rings. The first kappa shape index (κ1) is 22.5. The number of amides is 2. The van der Waals surface area contributed by atoms with Crippen LogP contribution in [-0.4, -0.2) is 56.1 Å². The summed E-state index contributed by atoms with van der Waals surface area (Å²) >= 11 is 5.52. The molecule has 2 amide bonds. The number of carbonyl (C=O) groups is 2. The zero-order chi connectivity index (χ0) is 18.6. The van der Waals surface area contributed by atoms with Gasteiger partial charge in [0.1, 0.15) is 6.04 Å². The molecule has 1 unspecified atom stereocenters. The first-order valence-electron chi connectivity index (χ1n) is 7.41. The molecule has 0 bridgehead atoms. The molecule has 1 aromatic rings. The van der Waals surface area contributed by atoms with Crippen molar-refractivity contribution in [1.29, 1.82) is 0 Å². The third-order valence-corrected chi connectivity index (χ3v) is 3.86. The molecule has 1 aliphatic heterocycles. The molecule has 1 heterocycles. The Hall–Kier alpha value is -1.55. The lowest BCUT2D eigenvalue weighted by Gasteiger charge is -2.27.